The van der Waals surface area contributed by atoms with E-state index in [0.717, 1.165) is 45.8 Å². The summed E-state index contributed by atoms with van der Waals surface area (Å²) in [6.45, 7) is 4.85. The van der Waals surface area contributed by atoms with Gasteiger partial charge in [-0.2, -0.15) is 0 Å². The van der Waals surface area contributed by atoms with E-state index < -0.39 is 0 Å². The lowest BCUT2D eigenvalue weighted by molar-refractivity contribution is 0.0674. The summed E-state index contributed by atoms with van der Waals surface area (Å²) < 4.78 is 7.30. The molecule has 2 rings (SSSR count). The molecular formula is C11H19N5O. The highest BCUT2D eigenvalue weighted by Crippen LogP contribution is 1.97. The molecule has 1 aromatic heterocycles. The lowest BCUT2D eigenvalue weighted by atomic mass is 10.4. The largest absolute Gasteiger partial charge is 0.378 e. The molecule has 0 bridgehead atoms. The van der Waals surface area contributed by atoms with E-state index in [1.165, 1.54) is 0 Å². The average molecular weight is 237 g/mol. The molecule has 0 aromatic carbocycles. The van der Waals surface area contributed by atoms with Crippen molar-refractivity contribution in [3.8, 4) is 0 Å². The minimum absolute atomic E-state index is 0.638. The Hall–Kier alpha value is -1.56. The molecule has 0 unspecified atom stereocenters. The Morgan fingerprint density at radius 3 is 2.94 bits per heavy atom. The summed E-state index contributed by atoms with van der Waals surface area (Å²) in [6.07, 6.45) is 6.52. The van der Waals surface area contributed by atoms with Crippen molar-refractivity contribution in [1.29, 1.82) is 0 Å². The van der Waals surface area contributed by atoms with Gasteiger partial charge in [-0.05, 0) is 6.42 Å². The van der Waals surface area contributed by atoms with Crippen LogP contribution in [-0.4, -0.2) is 53.3 Å². The maximum atomic E-state index is 5.91. The summed E-state index contributed by atoms with van der Waals surface area (Å²) in [5.74, 6) is 0.638. The van der Waals surface area contributed by atoms with E-state index in [1.807, 2.05) is 17.1 Å². The van der Waals surface area contributed by atoms with E-state index in [4.69, 9.17) is 10.5 Å². The number of nitrogens with two attached hydrogens (primary N) is 1. The summed E-state index contributed by atoms with van der Waals surface area (Å²) >= 11 is 0. The quantitative estimate of drug-likeness (QED) is 0.452. The van der Waals surface area contributed by atoms with E-state index in [0.29, 0.717) is 5.96 Å². The number of nitrogens with zero attached hydrogens (tertiary/aromatic N) is 4. The number of hydrogen-bond donors (Lipinski definition) is 1. The molecular weight excluding hydrogens is 218 g/mol. The third-order valence-electron chi connectivity index (χ3n) is 2.74. The first-order chi connectivity index (χ1) is 8.36. The number of imidazole rings is 1. The molecule has 0 amide bonds. The van der Waals surface area contributed by atoms with E-state index in [1.54, 1.807) is 6.20 Å². The molecule has 1 aromatic rings. The molecule has 17 heavy (non-hydrogen) atoms. The second-order valence-corrected chi connectivity index (χ2v) is 3.99. The van der Waals surface area contributed by atoms with E-state index in [-0.39, 0.29) is 0 Å². The number of ether oxygens (including phenoxy) is 1. The van der Waals surface area contributed by atoms with Gasteiger partial charge >= 0.3 is 0 Å². The number of rotatable bonds is 4. The zero-order valence-corrected chi connectivity index (χ0v) is 9.96. The summed E-state index contributed by atoms with van der Waals surface area (Å²) in [5, 5.41) is 0. The van der Waals surface area contributed by atoms with Gasteiger partial charge < -0.3 is 19.9 Å². The normalized spacial score (nSPS) is 17.4. The Bertz CT molecular complexity index is 343. The second kappa shape index (κ2) is 6.24. The van der Waals surface area contributed by atoms with Crippen LogP contribution >= 0.6 is 0 Å². The maximum Gasteiger partial charge on any atom is 0.191 e. The van der Waals surface area contributed by atoms with Gasteiger partial charge in [0.25, 0.3) is 0 Å². The van der Waals surface area contributed by atoms with E-state index in [2.05, 4.69) is 14.9 Å². The van der Waals surface area contributed by atoms with Crippen LogP contribution in [0.15, 0.2) is 23.7 Å². The monoisotopic (exact) mass is 237 g/mol. The van der Waals surface area contributed by atoms with Gasteiger partial charge in [0.1, 0.15) is 0 Å². The first kappa shape index (κ1) is 11.9. The first-order valence-corrected chi connectivity index (χ1v) is 5.94. The van der Waals surface area contributed by atoms with Crippen molar-refractivity contribution in [3.05, 3.63) is 18.7 Å². The Labute approximate surface area is 101 Å². The van der Waals surface area contributed by atoms with Crippen molar-refractivity contribution in [2.75, 3.05) is 32.8 Å². The molecule has 6 heteroatoms. The van der Waals surface area contributed by atoms with Crippen molar-refractivity contribution in [2.45, 2.75) is 13.0 Å². The molecule has 1 fully saturated rings. The van der Waals surface area contributed by atoms with Crippen LogP contribution in [0.5, 0.6) is 0 Å². The lowest BCUT2D eigenvalue weighted by Crippen LogP contribution is -2.44. The third-order valence-corrected chi connectivity index (χ3v) is 2.74. The molecule has 94 valence electrons. The number of aliphatic imine (C=N–C) groups is 1. The van der Waals surface area contributed by atoms with E-state index in [9.17, 15) is 0 Å². The fourth-order valence-electron chi connectivity index (χ4n) is 1.76. The molecule has 0 saturated carbocycles. The zero-order valence-electron chi connectivity index (χ0n) is 9.96. The average Bonchev–Trinajstić information content (AvgIpc) is 2.88. The van der Waals surface area contributed by atoms with Crippen LogP contribution in [0.3, 0.4) is 0 Å². The van der Waals surface area contributed by atoms with E-state index >= 15 is 0 Å². The molecule has 2 N–H and O–H groups in total. The van der Waals surface area contributed by atoms with Gasteiger partial charge in [0.15, 0.2) is 5.96 Å². The number of guanidine groups is 1. The molecule has 0 radical (unpaired) electrons. The first-order valence-electron chi connectivity index (χ1n) is 5.94. The van der Waals surface area contributed by atoms with Gasteiger partial charge in [-0.3, -0.25) is 4.99 Å². The highest BCUT2D eigenvalue weighted by molar-refractivity contribution is 5.78. The molecule has 2 heterocycles. The second-order valence-electron chi connectivity index (χ2n) is 3.99. The molecule has 1 saturated heterocycles. The predicted molar refractivity (Wildman–Crippen MR) is 65.7 cm³/mol. The number of aryl methyl sites for hydroxylation is 1. The molecule has 1 aliphatic rings. The fraction of sp³-hybridized carbons (Fsp3) is 0.636. The Balaban J connectivity index is 1.68. The number of hydrogen-bond acceptors (Lipinski definition) is 3. The summed E-state index contributed by atoms with van der Waals surface area (Å²) in [4.78, 5) is 10.4. The fourth-order valence-corrected chi connectivity index (χ4v) is 1.76. The van der Waals surface area contributed by atoms with Gasteiger partial charge in [0.2, 0.25) is 0 Å². The van der Waals surface area contributed by atoms with Gasteiger partial charge in [0, 0.05) is 38.6 Å². The van der Waals surface area contributed by atoms with Crippen LogP contribution in [0.25, 0.3) is 0 Å². The Kier molecular flexibility index (Phi) is 4.37. The molecule has 0 aliphatic carbocycles. The topological polar surface area (TPSA) is 68.7 Å². The number of morpholine rings is 1. The van der Waals surface area contributed by atoms with Crippen molar-refractivity contribution >= 4 is 5.96 Å². The van der Waals surface area contributed by atoms with Crippen molar-refractivity contribution in [1.82, 2.24) is 14.5 Å². The molecule has 0 spiro atoms. The SMILES string of the molecule is NC(=NCCCn1ccnc1)N1CCOCC1. The summed E-state index contributed by atoms with van der Waals surface area (Å²) in [5.41, 5.74) is 5.91. The summed E-state index contributed by atoms with van der Waals surface area (Å²) in [6, 6.07) is 0. The van der Waals surface area contributed by atoms with Crippen LogP contribution in [0, 0.1) is 0 Å². The maximum absolute atomic E-state index is 5.91. The van der Waals surface area contributed by atoms with Crippen LogP contribution in [0.2, 0.25) is 0 Å². The standard InChI is InChI=1S/C11H19N5O/c12-11(16-6-8-17-9-7-16)14-2-1-4-15-5-3-13-10-15/h3,5,10H,1-2,4,6-9H2,(H2,12,14). The molecule has 0 atom stereocenters. The highest BCUT2D eigenvalue weighted by Gasteiger charge is 2.11. The van der Waals surface area contributed by atoms with Crippen LogP contribution in [-0.2, 0) is 11.3 Å². The molecule has 6 nitrogen and oxygen atoms in total. The molecule has 1 aliphatic heterocycles. The summed E-state index contributed by atoms with van der Waals surface area (Å²) in [7, 11) is 0. The Morgan fingerprint density at radius 2 is 2.24 bits per heavy atom. The van der Waals surface area contributed by atoms with Gasteiger partial charge in [-0.1, -0.05) is 0 Å². The number of aromatic nitrogens is 2. The van der Waals surface area contributed by atoms with Crippen LogP contribution in [0.4, 0.5) is 0 Å². The van der Waals surface area contributed by atoms with Crippen LogP contribution < -0.4 is 5.73 Å². The van der Waals surface area contributed by atoms with Crippen molar-refractivity contribution < 1.29 is 4.74 Å². The predicted octanol–water partition coefficient (Wildman–Crippen LogP) is -0.0799. The van der Waals surface area contributed by atoms with Crippen molar-refractivity contribution in [2.24, 2.45) is 10.7 Å². The minimum atomic E-state index is 0.638. The van der Waals surface area contributed by atoms with Gasteiger partial charge in [0.05, 0.1) is 19.5 Å². The smallest absolute Gasteiger partial charge is 0.191 e. The van der Waals surface area contributed by atoms with Crippen molar-refractivity contribution in [3.63, 3.8) is 0 Å². The van der Waals surface area contributed by atoms with Gasteiger partial charge in [-0.25, -0.2) is 4.98 Å². The van der Waals surface area contributed by atoms with Crippen LogP contribution in [0.1, 0.15) is 6.42 Å². The minimum Gasteiger partial charge on any atom is -0.378 e. The highest BCUT2D eigenvalue weighted by atomic mass is 16.5. The third kappa shape index (κ3) is 3.74. The Morgan fingerprint density at radius 1 is 1.41 bits per heavy atom. The van der Waals surface area contributed by atoms with Gasteiger partial charge in [-0.15, -0.1) is 0 Å². The zero-order chi connectivity index (χ0) is 11.9. The lowest BCUT2D eigenvalue weighted by Gasteiger charge is -2.27.